The number of carbonyl (C=O) groups is 2. The number of halogens is 2. The molecule has 1 aliphatic carbocycles. The molecule has 1 saturated carbocycles. The number of hydrogen-bond acceptors (Lipinski definition) is 6. The number of nitrogens with one attached hydrogen (secondary N) is 1. The number of nitrogens with zero attached hydrogens (tertiary/aromatic N) is 2. The van der Waals surface area contributed by atoms with Gasteiger partial charge in [-0.15, -0.1) is 0 Å². The number of carboxylic acid groups (broad SMARTS) is 1. The number of ether oxygens (including phenoxy) is 1. The summed E-state index contributed by atoms with van der Waals surface area (Å²) in [6.07, 6.45) is 3.81. The molecule has 188 valence electrons. The van der Waals surface area contributed by atoms with Crippen LogP contribution in [0.15, 0.2) is 24.4 Å². The van der Waals surface area contributed by atoms with Gasteiger partial charge in [0.1, 0.15) is 18.2 Å². The number of carboxylic acids is 1. The van der Waals surface area contributed by atoms with Crippen molar-refractivity contribution < 1.29 is 28.2 Å². The average molecular weight is 489 g/mol. The van der Waals surface area contributed by atoms with Crippen LogP contribution in [0.5, 0.6) is 5.88 Å². The van der Waals surface area contributed by atoms with Crippen LogP contribution in [0.2, 0.25) is 0 Å². The van der Waals surface area contributed by atoms with E-state index in [1.807, 2.05) is 18.7 Å². The number of benzene rings is 1. The van der Waals surface area contributed by atoms with Crippen LogP contribution in [-0.4, -0.2) is 53.2 Å². The Balaban J connectivity index is 1.86. The second kappa shape index (κ2) is 9.77. The van der Waals surface area contributed by atoms with Gasteiger partial charge in [-0.05, 0) is 56.7 Å². The Hall–Kier alpha value is -3.27. The van der Waals surface area contributed by atoms with Crippen molar-refractivity contribution in [1.29, 1.82) is 0 Å². The summed E-state index contributed by atoms with van der Waals surface area (Å²) in [5, 5.41) is 12.0. The standard InChI is InChI=1S/C25H30F2N4O4/c1-14(15-3-4-15)30-23(34)19-12-29-24(35-8-5-20(32)33)21(16-9-17(26)11-18(27)10-16)22(19)31-7-6-25(2,28)13-31/h9-12,14-15H,3-8,13,28H2,1-2H3,(H,30,34)(H,32,33)/t14-,25-/m0/s1. The molecule has 4 N–H and O–H groups in total. The molecule has 1 aliphatic heterocycles. The number of hydrogen-bond donors (Lipinski definition) is 3. The highest BCUT2D eigenvalue weighted by molar-refractivity contribution is 6.04. The van der Waals surface area contributed by atoms with Gasteiger partial charge in [0.2, 0.25) is 5.88 Å². The summed E-state index contributed by atoms with van der Waals surface area (Å²) >= 11 is 0. The fourth-order valence-electron chi connectivity index (χ4n) is 4.46. The van der Waals surface area contributed by atoms with Crippen molar-refractivity contribution in [3.63, 3.8) is 0 Å². The third kappa shape index (κ3) is 5.87. The number of rotatable bonds is 9. The molecule has 35 heavy (non-hydrogen) atoms. The summed E-state index contributed by atoms with van der Waals surface area (Å²) in [5.74, 6) is -2.61. The van der Waals surface area contributed by atoms with Crippen LogP contribution in [0.1, 0.15) is 49.9 Å². The molecule has 2 atom stereocenters. The molecule has 2 heterocycles. The molecule has 0 unspecified atom stereocenters. The second-order valence-corrected chi connectivity index (χ2v) is 9.78. The van der Waals surface area contributed by atoms with Crippen molar-refractivity contribution in [3.8, 4) is 17.0 Å². The van der Waals surface area contributed by atoms with Gasteiger partial charge in [-0.3, -0.25) is 9.59 Å². The molecule has 0 spiro atoms. The molecule has 0 radical (unpaired) electrons. The van der Waals surface area contributed by atoms with Crippen LogP contribution in [0.25, 0.3) is 11.1 Å². The number of aromatic nitrogens is 1. The van der Waals surface area contributed by atoms with Crippen molar-refractivity contribution in [1.82, 2.24) is 10.3 Å². The Morgan fingerprint density at radius 2 is 2.00 bits per heavy atom. The first kappa shape index (κ1) is 24.8. The Kier molecular flexibility index (Phi) is 6.93. The zero-order chi connectivity index (χ0) is 25.3. The van der Waals surface area contributed by atoms with Gasteiger partial charge < -0.3 is 25.8 Å². The van der Waals surface area contributed by atoms with Crippen LogP contribution in [-0.2, 0) is 4.79 Å². The van der Waals surface area contributed by atoms with E-state index in [9.17, 15) is 18.4 Å². The number of carbonyl (C=O) groups excluding carboxylic acids is 1. The predicted molar refractivity (Wildman–Crippen MR) is 126 cm³/mol. The van der Waals surface area contributed by atoms with Crippen molar-refractivity contribution >= 4 is 17.6 Å². The summed E-state index contributed by atoms with van der Waals surface area (Å²) in [7, 11) is 0. The van der Waals surface area contributed by atoms with Crippen LogP contribution < -0.4 is 20.7 Å². The molecule has 1 saturated heterocycles. The molecular weight excluding hydrogens is 458 g/mol. The fraction of sp³-hybridized carbons (Fsp3) is 0.480. The number of aliphatic carboxylic acids is 1. The quantitative estimate of drug-likeness (QED) is 0.496. The molecule has 4 rings (SSSR count). The number of amides is 1. The Morgan fingerprint density at radius 1 is 1.31 bits per heavy atom. The van der Waals surface area contributed by atoms with E-state index in [1.54, 1.807) is 0 Å². The zero-order valence-electron chi connectivity index (χ0n) is 19.8. The fourth-order valence-corrected chi connectivity index (χ4v) is 4.46. The van der Waals surface area contributed by atoms with Gasteiger partial charge in [0.05, 0.1) is 23.2 Å². The SMILES string of the molecule is C[C@H](NC(=O)c1cnc(OCCC(=O)O)c(-c2cc(F)cc(F)c2)c1N1CC[C@](C)(N)C1)C1CC1. The smallest absolute Gasteiger partial charge is 0.306 e. The number of pyridine rings is 1. The minimum atomic E-state index is -1.06. The van der Waals surface area contributed by atoms with Gasteiger partial charge in [0.15, 0.2) is 0 Å². The summed E-state index contributed by atoms with van der Waals surface area (Å²) < 4.78 is 34.2. The lowest BCUT2D eigenvalue weighted by atomic mass is 9.99. The molecule has 8 nitrogen and oxygen atoms in total. The van der Waals surface area contributed by atoms with E-state index in [1.165, 1.54) is 6.20 Å². The average Bonchev–Trinajstić information content (AvgIpc) is 3.55. The highest BCUT2D eigenvalue weighted by Gasteiger charge is 2.36. The van der Waals surface area contributed by atoms with E-state index in [-0.39, 0.29) is 47.5 Å². The Bertz CT molecular complexity index is 1120. The summed E-state index contributed by atoms with van der Waals surface area (Å²) in [6.45, 7) is 4.55. The van der Waals surface area contributed by atoms with E-state index < -0.39 is 23.1 Å². The highest BCUT2D eigenvalue weighted by atomic mass is 19.1. The van der Waals surface area contributed by atoms with Crippen molar-refractivity contribution in [2.45, 2.75) is 51.1 Å². The lowest BCUT2D eigenvalue weighted by Crippen LogP contribution is -2.40. The van der Waals surface area contributed by atoms with Gasteiger partial charge in [0, 0.05) is 36.9 Å². The molecule has 1 amide bonds. The third-order valence-corrected chi connectivity index (χ3v) is 6.48. The molecule has 2 fully saturated rings. The van der Waals surface area contributed by atoms with E-state index in [0.717, 1.165) is 31.0 Å². The zero-order valence-corrected chi connectivity index (χ0v) is 19.8. The first-order valence-corrected chi connectivity index (χ1v) is 11.7. The van der Waals surface area contributed by atoms with Crippen LogP contribution >= 0.6 is 0 Å². The first-order chi connectivity index (χ1) is 16.5. The lowest BCUT2D eigenvalue weighted by Gasteiger charge is -2.28. The monoisotopic (exact) mass is 488 g/mol. The largest absolute Gasteiger partial charge is 0.481 e. The molecule has 2 aliphatic rings. The van der Waals surface area contributed by atoms with Crippen molar-refractivity contribution in [2.75, 3.05) is 24.6 Å². The molecule has 10 heteroatoms. The second-order valence-electron chi connectivity index (χ2n) is 9.78. The van der Waals surface area contributed by atoms with E-state index in [0.29, 0.717) is 31.1 Å². The normalized spacial score (nSPS) is 20.5. The number of anilines is 1. The van der Waals surface area contributed by atoms with E-state index in [4.69, 9.17) is 15.6 Å². The summed E-state index contributed by atoms with van der Waals surface area (Å²) in [4.78, 5) is 30.6. The topological polar surface area (TPSA) is 118 Å². The maximum absolute atomic E-state index is 14.3. The molecular formula is C25H30F2N4O4. The highest BCUT2D eigenvalue weighted by Crippen LogP contribution is 2.43. The van der Waals surface area contributed by atoms with Gasteiger partial charge >= 0.3 is 5.97 Å². The van der Waals surface area contributed by atoms with Crippen molar-refractivity contribution in [2.24, 2.45) is 11.7 Å². The van der Waals surface area contributed by atoms with Gasteiger partial charge in [-0.2, -0.15) is 0 Å². The third-order valence-electron chi connectivity index (χ3n) is 6.48. The molecule has 2 aromatic rings. The van der Waals surface area contributed by atoms with E-state index in [2.05, 4.69) is 10.3 Å². The summed E-state index contributed by atoms with van der Waals surface area (Å²) in [5.41, 5.74) is 6.83. The first-order valence-electron chi connectivity index (χ1n) is 11.7. The minimum absolute atomic E-state index is 0.0105. The molecule has 1 aromatic carbocycles. The van der Waals surface area contributed by atoms with Gasteiger partial charge in [-0.25, -0.2) is 13.8 Å². The van der Waals surface area contributed by atoms with E-state index >= 15 is 0 Å². The number of nitrogens with two attached hydrogens (primary N) is 1. The predicted octanol–water partition coefficient (Wildman–Crippen LogP) is 3.34. The minimum Gasteiger partial charge on any atom is -0.481 e. The molecule has 1 aromatic heterocycles. The van der Waals surface area contributed by atoms with Crippen LogP contribution in [0.4, 0.5) is 14.5 Å². The summed E-state index contributed by atoms with van der Waals surface area (Å²) in [6, 6.07) is 3.00. The van der Waals surface area contributed by atoms with Crippen LogP contribution in [0, 0.1) is 17.6 Å². The van der Waals surface area contributed by atoms with Gasteiger partial charge in [-0.1, -0.05) is 0 Å². The van der Waals surface area contributed by atoms with Crippen LogP contribution in [0.3, 0.4) is 0 Å². The Labute approximate surface area is 202 Å². The molecule has 0 bridgehead atoms. The van der Waals surface area contributed by atoms with Crippen molar-refractivity contribution in [3.05, 3.63) is 41.6 Å². The maximum atomic E-state index is 14.3. The lowest BCUT2D eigenvalue weighted by molar-refractivity contribution is -0.137. The van der Waals surface area contributed by atoms with Gasteiger partial charge in [0.25, 0.3) is 5.91 Å². The Morgan fingerprint density at radius 3 is 2.57 bits per heavy atom. The maximum Gasteiger partial charge on any atom is 0.306 e.